The van der Waals surface area contributed by atoms with Crippen LogP contribution in [-0.2, 0) is 0 Å². The first kappa shape index (κ1) is 11.0. The molecule has 13 heavy (non-hydrogen) atoms. The zero-order chi connectivity index (χ0) is 9.68. The zero-order valence-corrected chi connectivity index (χ0v) is 9.21. The molecule has 0 bridgehead atoms. The Bertz CT molecular complexity index is 136. The third-order valence-electron chi connectivity index (χ3n) is 2.83. The molecule has 0 aromatic carbocycles. The van der Waals surface area contributed by atoms with E-state index in [2.05, 4.69) is 36.3 Å². The average Bonchev–Trinajstić information content (AvgIpc) is 2.27. The molecule has 1 rings (SSSR count). The fraction of sp³-hybridized carbons (Fsp3) is 1.00. The average molecular weight is 185 g/mol. The predicted octanol–water partition coefficient (Wildman–Crippen LogP) is 0.232. The lowest BCUT2D eigenvalue weighted by atomic mass is 10.1. The van der Waals surface area contributed by atoms with Crippen LogP contribution in [0.3, 0.4) is 0 Å². The van der Waals surface area contributed by atoms with E-state index in [1.807, 2.05) is 0 Å². The third-order valence-corrected chi connectivity index (χ3v) is 2.83. The summed E-state index contributed by atoms with van der Waals surface area (Å²) in [6.45, 7) is 4.73. The molecule has 0 aromatic heterocycles. The lowest BCUT2D eigenvalue weighted by Crippen LogP contribution is -2.34. The molecule has 1 fully saturated rings. The molecule has 0 amide bonds. The van der Waals surface area contributed by atoms with E-state index in [-0.39, 0.29) is 0 Å². The van der Waals surface area contributed by atoms with Crippen molar-refractivity contribution in [3.63, 3.8) is 0 Å². The lowest BCUT2D eigenvalue weighted by Gasteiger charge is -2.26. The van der Waals surface area contributed by atoms with Crippen molar-refractivity contribution in [2.45, 2.75) is 18.9 Å². The van der Waals surface area contributed by atoms with Crippen molar-refractivity contribution in [2.24, 2.45) is 0 Å². The second-order valence-corrected chi connectivity index (χ2v) is 4.27. The summed E-state index contributed by atoms with van der Waals surface area (Å²) in [5.41, 5.74) is 0. The van der Waals surface area contributed by atoms with Gasteiger partial charge in [0.15, 0.2) is 0 Å². The molecule has 1 unspecified atom stereocenters. The molecule has 0 aromatic rings. The van der Waals surface area contributed by atoms with Gasteiger partial charge in [0, 0.05) is 19.1 Å². The first-order valence-corrected chi connectivity index (χ1v) is 5.26. The van der Waals surface area contributed by atoms with Gasteiger partial charge in [-0.25, -0.2) is 0 Å². The maximum Gasteiger partial charge on any atom is 0.0117 e. The summed E-state index contributed by atoms with van der Waals surface area (Å²) in [4.78, 5) is 4.76. The highest BCUT2D eigenvalue weighted by atomic mass is 15.2. The van der Waals surface area contributed by atoms with Gasteiger partial charge in [0.25, 0.3) is 0 Å². The van der Waals surface area contributed by atoms with E-state index in [9.17, 15) is 0 Å². The minimum atomic E-state index is 0.775. The van der Waals surface area contributed by atoms with Gasteiger partial charge in [-0.15, -0.1) is 0 Å². The van der Waals surface area contributed by atoms with Crippen LogP contribution in [0.5, 0.6) is 0 Å². The summed E-state index contributed by atoms with van der Waals surface area (Å²) in [6, 6.07) is 0.775. The Kier molecular flexibility index (Phi) is 4.70. The lowest BCUT2D eigenvalue weighted by molar-refractivity contribution is 0.222. The molecule has 1 aliphatic rings. The summed E-state index contributed by atoms with van der Waals surface area (Å²) in [7, 11) is 6.54. The molecule has 0 radical (unpaired) electrons. The maximum absolute atomic E-state index is 3.44. The fourth-order valence-electron chi connectivity index (χ4n) is 1.82. The largest absolute Gasteiger partial charge is 0.315 e. The Balaban J connectivity index is 2.27. The van der Waals surface area contributed by atoms with E-state index in [0.29, 0.717) is 0 Å². The molecule has 0 saturated carbocycles. The van der Waals surface area contributed by atoms with E-state index in [1.54, 1.807) is 0 Å². The van der Waals surface area contributed by atoms with E-state index in [0.717, 1.165) is 12.6 Å². The number of nitrogens with zero attached hydrogens (tertiary/aromatic N) is 2. The van der Waals surface area contributed by atoms with Crippen LogP contribution in [0.25, 0.3) is 0 Å². The molecule has 1 N–H and O–H groups in total. The quantitative estimate of drug-likeness (QED) is 0.679. The van der Waals surface area contributed by atoms with Gasteiger partial charge in [-0.3, -0.25) is 0 Å². The van der Waals surface area contributed by atoms with Crippen LogP contribution < -0.4 is 5.32 Å². The first-order valence-electron chi connectivity index (χ1n) is 5.26. The van der Waals surface area contributed by atoms with Gasteiger partial charge in [0.2, 0.25) is 0 Å². The monoisotopic (exact) mass is 185 g/mol. The summed E-state index contributed by atoms with van der Waals surface area (Å²) >= 11 is 0. The summed E-state index contributed by atoms with van der Waals surface area (Å²) in [5, 5.41) is 3.44. The highest BCUT2D eigenvalue weighted by molar-refractivity contribution is 4.75. The number of hydrogen-bond donors (Lipinski definition) is 1. The smallest absolute Gasteiger partial charge is 0.0117 e. The highest BCUT2D eigenvalue weighted by Gasteiger charge is 2.16. The second-order valence-electron chi connectivity index (χ2n) is 4.27. The van der Waals surface area contributed by atoms with Gasteiger partial charge in [0.1, 0.15) is 0 Å². The second kappa shape index (κ2) is 5.58. The Morgan fingerprint density at radius 1 is 1.38 bits per heavy atom. The van der Waals surface area contributed by atoms with Gasteiger partial charge < -0.3 is 15.1 Å². The molecule has 1 atom stereocenters. The van der Waals surface area contributed by atoms with E-state index < -0.39 is 0 Å². The Morgan fingerprint density at radius 3 is 2.85 bits per heavy atom. The summed E-state index contributed by atoms with van der Waals surface area (Å²) in [5.74, 6) is 0. The maximum atomic E-state index is 3.44. The molecular formula is C10H23N3. The Labute approximate surface area is 82.1 Å². The van der Waals surface area contributed by atoms with Crippen LogP contribution >= 0.6 is 0 Å². The van der Waals surface area contributed by atoms with Crippen LogP contribution in [0.15, 0.2) is 0 Å². The van der Waals surface area contributed by atoms with Crippen molar-refractivity contribution < 1.29 is 0 Å². The van der Waals surface area contributed by atoms with Crippen LogP contribution in [0, 0.1) is 0 Å². The first-order chi connectivity index (χ1) is 6.20. The standard InChI is InChI=1S/C10H23N3/c1-12(2)8-5-10-4-6-11-7-9-13(10)3/h10-11H,4-9H2,1-3H3. The summed E-state index contributed by atoms with van der Waals surface area (Å²) in [6.07, 6.45) is 2.59. The highest BCUT2D eigenvalue weighted by Crippen LogP contribution is 2.08. The van der Waals surface area contributed by atoms with Crippen LogP contribution in [0.4, 0.5) is 0 Å². The van der Waals surface area contributed by atoms with Gasteiger partial charge in [0.05, 0.1) is 0 Å². The van der Waals surface area contributed by atoms with Gasteiger partial charge in [-0.2, -0.15) is 0 Å². The molecule has 0 spiro atoms. The van der Waals surface area contributed by atoms with E-state index in [4.69, 9.17) is 0 Å². The van der Waals surface area contributed by atoms with Crippen LogP contribution in [0.2, 0.25) is 0 Å². The van der Waals surface area contributed by atoms with Crippen molar-refractivity contribution in [3.8, 4) is 0 Å². The molecule has 1 heterocycles. The topological polar surface area (TPSA) is 18.5 Å². The molecular weight excluding hydrogens is 162 g/mol. The van der Waals surface area contributed by atoms with Gasteiger partial charge >= 0.3 is 0 Å². The van der Waals surface area contributed by atoms with Gasteiger partial charge in [-0.05, 0) is 47.1 Å². The van der Waals surface area contributed by atoms with Crippen LogP contribution in [-0.4, -0.2) is 63.2 Å². The van der Waals surface area contributed by atoms with Crippen molar-refractivity contribution in [2.75, 3.05) is 47.3 Å². The van der Waals surface area contributed by atoms with E-state index >= 15 is 0 Å². The molecule has 3 nitrogen and oxygen atoms in total. The molecule has 1 saturated heterocycles. The van der Waals surface area contributed by atoms with Crippen molar-refractivity contribution in [1.82, 2.24) is 15.1 Å². The van der Waals surface area contributed by atoms with E-state index in [1.165, 1.54) is 32.5 Å². The number of nitrogens with one attached hydrogen (secondary N) is 1. The minimum absolute atomic E-state index is 0.775. The summed E-state index contributed by atoms with van der Waals surface area (Å²) < 4.78 is 0. The Hall–Kier alpha value is -0.120. The Morgan fingerprint density at radius 2 is 2.15 bits per heavy atom. The SMILES string of the molecule is CN(C)CCC1CCNCCN1C. The van der Waals surface area contributed by atoms with Crippen molar-refractivity contribution >= 4 is 0 Å². The number of rotatable bonds is 3. The van der Waals surface area contributed by atoms with Crippen molar-refractivity contribution in [3.05, 3.63) is 0 Å². The van der Waals surface area contributed by atoms with Gasteiger partial charge in [-0.1, -0.05) is 0 Å². The molecule has 1 aliphatic heterocycles. The predicted molar refractivity (Wildman–Crippen MR) is 57.1 cm³/mol. The third kappa shape index (κ3) is 4.07. The molecule has 0 aliphatic carbocycles. The van der Waals surface area contributed by atoms with Crippen LogP contribution in [0.1, 0.15) is 12.8 Å². The minimum Gasteiger partial charge on any atom is -0.315 e. The fourth-order valence-corrected chi connectivity index (χ4v) is 1.82. The number of hydrogen-bond acceptors (Lipinski definition) is 3. The number of likely N-dealkylation sites (N-methyl/N-ethyl adjacent to an activating group) is 1. The zero-order valence-electron chi connectivity index (χ0n) is 9.21. The normalized spacial score (nSPS) is 26.3. The molecule has 78 valence electrons. The van der Waals surface area contributed by atoms with Crippen molar-refractivity contribution in [1.29, 1.82) is 0 Å². The molecule has 3 heteroatoms.